The average molecular weight is 243 g/mol. The lowest BCUT2D eigenvalue weighted by molar-refractivity contribution is 0.259. The van der Waals surface area contributed by atoms with Crippen LogP contribution in [0.15, 0.2) is 54.6 Å². The second-order valence-electron chi connectivity index (χ2n) is 3.71. The highest BCUT2D eigenvalue weighted by atomic mass is 19.1. The van der Waals surface area contributed by atoms with Gasteiger partial charge in [-0.1, -0.05) is 48.5 Å². The molecule has 0 atom stereocenters. The molecule has 0 aliphatic carbocycles. The molecule has 0 aliphatic rings. The summed E-state index contributed by atoms with van der Waals surface area (Å²) in [5.74, 6) is 0. The van der Waals surface area contributed by atoms with Crippen LogP contribution in [0.3, 0.4) is 0 Å². The Morgan fingerprint density at radius 1 is 1.00 bits per heavy atom. The van der Waals surface area contributed by atoms with Gasteiger partial charge in [0, 0.05) is 11.3 Å². The number of urea groups is 1. The van der Waals surface area contributed by atoms with Gasteiger partial charge in [-0.05, 0) is 11.6 Å². The summed E-state index contributed by atoms with van der Waals surface area (Å²) in [6.07, 6.45) is -0.403. The van der Waals surface area contributed by atoms with E-state index in [0.29, 0.717) is 16.8 Å². The molecule has 0 fully saturated rings. The van der Waals surface area contributed by atoms with Crippen molar-refractivity contribution < 1.29 is 9.18 Å². The van der Waals surface area contributed by atoms with Gasteiger partial charge in [-0.15, -0.1) is 0 Å². The van der Waals surface area contributed by atoms with Crippen molar-refractivity contribution in [2.45, 2.75) is 0 Å². The highest BCUT2D eigenvalue weighted by molar-refractivity contribution is 5.89. The molecule has 4 heteroatoms. The van der Waals surface area contributed by atoms with Gasteiger partial charge in [0.1, 0.15) is 0 Å². The minimum atomic E-state index is -0.719. The van der Waals surface area contributed by atoms with E-state index < -0.39 is 12.2 Å². The number of benzene rings is 2. The van der Waals surface area contributed by atoms with Crippen LogP contribution in [0, 0.1) is 6.17 Å². The monoisotopic (exact) mass is 243 g/mol. The molecule has 91 valence electrons. The van der Waals surface area contributed by atoms with Crippen LogP contribution in [0.4, 0.5) is 14.9 Å². The molecule has 2 rings (SSSR count). The first-order valence-electron chi connectivity index (χ1n) is 5.42. The number of hydrogen-bond acceptors (Lipinski definition) is 1. The van der Waals surface area contributed by atoms with E-state index in [-0.39, 0.29) is 0 Å². The van der Waals surface area contributed by atoms with Gasteiger partial charge in [0.2, 0.25) is 6.17 Å². The summed E-state index contributed by atoms with van der Waals surface area (Å²) in [6.45, 7) is 0. The Balaban J connectivity index is 2.36. The summed E-state index contributed by atoms with van der Waals surface area (Å²) >= 11 is 0. The topological polar surface area (TPSA) is 55.1 Å². The fraction of sp³-hybridized carbons (Fsp3) is 0. The molecule has 2 amide bonds. The van der Waals surface area contributed by atoms with Crippen LogP contribution in [0.2, 0.25) is 0 Å². The van der Waals surface area contributed by atoms with E-state index in [0.717, 1.165) is 0 Å². The highest BCUT2D eigenvalue weighted by Gasteiger charge is 2.18. The third-order valence-corrected chi connectivity index (χ3v) is 2.45. The summed E-state index contributed by atoms with van der Waals surface area (Å²) < 4.78 is 14.3. The van der Waals surface area contributed by atoms with E-state index in [1.807, 2.05) is 6.07 Å². The normalized spacial score (nSPS) is 10.3. The van der Waals surface area contributed by atoms with E-state index in [1.54, 1.807) is 48.5 Å². The molecular formula is C14H12FN2O. The van der Waals surface area contributed by atoms with Gasteiger partial charge in [0.25, 0.3) is 0 Å². The van der Waals surface area contributed by atoms with Crippen LogP contribution in [0.1, 0.15) is 11.1 Å². The third-order valence-electron chi connectivity index (χ3n) is 2.45. The van der Waals surface area contributed by atoms with E-state index in [4.69, 9.17) is 5.73 Å². The summed E-state index contributed by atoms with van der Waals surface area (Å²) in [4.78, 5) is 10.9. The first kappa shape index (κ1) is 12.1. The zero-order valence-electron chi connectivity index (χ0n) is 9.56. The van der Waals surface area contributed by atoms with Crippen LogP contribution >= 0.6 is 0 Å². The fourth-order valence-corrected chi connectivity index (χ4v) is 1.66. The molecule has 0 heterocycles. The summed E-state index contributed by atoms with van der Waals surface area (Å²) in [6, 6.07) is 14.5. The van der Waals surface area contributed by atoms with Crippen molar-refractivity contribution in [3.63, 3.8) is 0 Å². The number of anilines is 1. The molecule has 0 saturated carbocycles. The van der Waals surface area contributed by atoms with Crippen molar-refractivity contribution in [1.82, 2.24) is 0 Å². The Morgan fingerprint density at radius 3 is 2.28 bits per heavy atom. The van der Waals surface area contributed by atoms with Crippen LogP contribution in [0.25, 0.3) is 0 Å². The lowest BCUT2D eigenvalue weighted by Gasteiger charge is -2.12. The number of nitrogens with one attached hydrogen (secondary N) is 1. The van der Waals surface area contributed by atoms with Gasteiger partial charge in [-0.25, -0.2) is 9.18 Å². The molecule has 0 bridgehead atoms. The summed E-state index contributed by atoms with van der Waals surface area (Å²) in [5.41, 5.74) is 6.17. The minimum Gasteiger partial charge on any atom is -0.351 e. The second kappa shape index (κ2) is 5.31. The number of nitrogens with two attached hydrogens (primary N) is 1. The highest BCUT2D eigenvalue weighted by Crippen LogP contribution is 2.30. The number of halogens is 1. The van der Waals surface area contributed by atoms with Crippen molar-refractivity contribution in [1.29, 1.82) is 0 Å². The van der Waals surface area contributed by atoms with Gasteiger partial charge < -0.3 is 11.1 Å². The van der Waals surface area contributed by atoms with E-state index in [1.165, 1.54) is 0 Å². The number of rotatable bonds is 3. The molecule has 0 unspecified atom stereocenters. The predicted octanol–water partition coefficient (Wildman–Crippen LogP) is 3.08. The number of para-hydroxylation sites is 1. The Morgan fingerprint density at radius 2 is 1.61 bits per heavy atom. The molecule has 3 nitrogen and oxygen atoms in total. The Kier molecular flexibility index (Phi) is 3.57. The first-order chi connectivity index (χ1) is 8.68. The molecule has 1 radical (unpaired) electrons. The summed E-state index contributed by atoms with van der Waals surface area (Å²) in [7, 11) is 0. The smallest absolute Gasteiger partial charge is 0.316 e. The van der Waals surface area contributed by atoms with Crippen molar-refractivity contribution in [2.75, 3.05) is 5.32 Å². The van der Waals surface area contributed by atoms with Crippen LogP contribution in [-0.4, -0.2) is 6.03 Å². The average Bonchev–Trinajstić information content (AvgIpc) is 2.39. The number of primary amides is 1. The molecule has 2 aromatic carbocycles. The fourth-order valence-electron chi connectivity index (χ4n) is 1.66. The zero-order valence-corrected chi connectivity index (χ0v) is 9.56. The molecule has 0 spiro atoms. The van der Waals surface area contributed by atoms with Gasteiger partial charge in [-0.3, -0.25) is 0 Å². The van der Waals surface area contributed by atoms with E-state index in [9.17, 15) is 9.18 Å². The lowest BCUT2D eigenvalue weighted by Crippen LogP contribution is -2.20. The number of hydrogen-bond donors (Lipinski definition) is 2. The summed E-state index contributed by atoms with van der Waals surface area (Å²) in [5, 5.41) is 2.40. The van der Waals surface area contributed by atoms with Gasteiger partial charge in [-0.2, -0.15) is 0 Å². The quantitative estimate of drug-likeness (QED) is 0.855. The zero-order chi connectivity index (χ0) is 13.0. The molecule has 0 aliphatic heterocycles. The van der Waals surface area contributed by atoms with Crippen molar-refractivity contribution >= 4 is 11.7 Å². The SMILES string of the molecule is NC(=O)Nc1ccccc1[C](F)c1ccccc1. The number of carbonyl (C=O) groups excluding carboxylic acids is 1. The first-order valence-corrected chi connectivity index (χ1v) is 5.42. The maximum atomic E-state index is 14.3. The molecule has 3 N–H and O–H groups in total. The van der Waals surface area contributed by atoms with Crippen LogP contribution in [0.5, 0.6) is 0 Å². The predicted molar refractivity (Wildman–Crippen MR) is 68.6 cm³/mol. The number of amides is 2. The second-order valence-corrected chi connectivity index (χ2v) is 3.71. The lowest BCUT2D eigenvalue weighted by atomic mass is 10.0. The molecular weight excluding hydrogens is 231 g/mol. The maximum Gasteiger partial charge on any atom is 0.316 e. The van der Waals surface area contributed by atoms with Crippen molar-refractivity contribution in [3.05, 3.63) is 71.9 Å². The van der Waals surface area contributed by atoms with Crippen molar-refractivity contribution in [2.24, 2.45) is 5.73 Å². The van der Waals surface area contributed by atoms with Gasteiger partial charge in [0.15, 0.2) is 0 Å². The Labute approximate surface area is 104 Å². The van der Waals surface area contributed by atoms with Crippen LogP contribution < -0.4 is 11.1 Å². The van der Waals surface area contributed by atoms with E-state index >= 15 is 0 Å². The number of carbonyl (C=O) groups is 1. The largest absolute Gasteiger partial charge is 0.351 e. The van der Waals surface area contributed by atoms with Crippen molar-refractivity contribution in [3.8, 4) is 0 Å². The molecule has 18 heavy (non-hydrogen) atoms. The molecule has 2 aromatic rings. The third kappa shape index (κ3) is 2.66. The molecule has 0 saturated heterocycles. The maximum absolute atomic E-state index is 14.3. The van der Waals surface area contributed by atoms with Crippen LogP contribution in [-0.2, 0) is 0 Å². The van der Waals surface area contributed by atoms with E-state index in [2.05, 4.69) is 5.32 Å². The Bertz CT molecular complexity index is 543. The Hall–Kier alpha value is -2.36. The van der Waals surface area contributed by atoms with Gasteiger partial charge in [0.05, 0.1) is 0 Å². The minimum absolute atomic E-state index is 0.308. The molecule has 0 aromatic heterocycles. The standard InChI is InChI=1S/C14H12FN2O/c15-13(10-6-2-1-3-7-10)11-8-4-5-9-12(11)17-14(16)18/h1-9H,(H3,16,17,18). The van der Waals surface area contributed by atoms with Gasteiger partial charge >= 0.3 is 6.03 Å².